The second-order valence-electron chi connectivity index (χ2n) is 4.65. The smallest absolute Gasteiger partial charge is 0.244 e. The third-order valence-electron chi connectivity index (χ3n) is 3.03. The van der Waals surface area contributed by atoms with Gasteiger partial charge in [0, 0.05) is 12.6 Å². The Hall–Kier alpha value is -1.80. The maximum absolute atomic E-state index is 13.4. The Labute approximate surface area is 121 Å². The molecule has 0 aliphatic heterocycles. The highest BCUT2D eigenvalue weighted by molar-refractivity contribution is 7.89. The molecule has 2 aromatic rings. The number of benzene rings is 1. The van der Waals surface area contributed by atoms with Crippen LogP contribution in [0.5, 0.6) is 0 Å². The topological polar surface area (TPSA) is 74.8 Å². The van der Waals surface area contributed by atoms with Crippen molar-refractivity contribution >= 4 is 10.0 Å². The molecule has 0 aliphatic rings. The molecule has 0 aliphatic carbocycles. The largest absolute Gasteiger partial charge is 0.281 e. The molecule has 1 aromatic heterocycles. The van der Waals surface area contributed by atoms with Crippen LogP contribution < -0.4 is 4.72 Å². The van der Waals surface area contributed by atoms with Crippen molar-refractivity contribution in [2.45, 2.75) is 25.2 Å². The Balaban J connectivity index is 2.06. The van der Waals surface area contributed by atoms with Crippen molar-refractivity contribution in [3.63, 3.8) is 0 Å². The number of H-pyrrole nitrogens is 1. The van der Waals surface area contributed by atoms with E-state index in [4.69, 9.17) is 0 Å². The Bertz CT molecular complexity index is 737. The highest BCUT2D eigenvalue weighted by atomic mass is 32.2. The SMILES string of the molecule is Cc1n[nH]c(C)c1S(=O)(=O)NCCc1ccc(F)cc1F. The average molecular weight is 315 g/mol. The van der Waals surface area contributed by atoms with Gasteiger partial charge in [0.05, 0.1) is 11.4 Å². The lowest BCUT2D eigenvalue weighted by Crippen LogP contribution is -2.27. The number of hydrogen-bond donors (Lipinski definition) is 2. The fourth-order valence-electron chi connectivity index (χ4n) is 2.05. The quantitative estimate of drug-likeness (QED) is 0.884. The molecule has 0 unspecified atom stereocenters. The molecule has 0 bridgehead atoms. The van der Waals surface area contributed by atoms with Crippen molar-refractivity contribution in [2.24, 2.45) is 0 Å². The van der Waals surface area contributed by atoms with Crippen molar-refractivity contribution in [1.29, 1.82) is 0 Å². The maximum atomic E-state index is 13.4. The van der Waals surface area contributed by atoms with Crippen LogP contribution in [-0.2, 0) is 16.4 Å². The van der Waals surface area contributed by atoms with Gasteiger partial charge >= 0.3 is 0 Å². The summed E-state index contributed by atoms with van der Waals surface area (Å²) >= 11 is 0. The third kappa shape index (κ3) is 3.45. The van der Waals surface area contributed by atoms with Crippen LogP contribution in [0.25, 0.3) is 0 Å². The van der Waals surface area contributed by atoms with Crippen LogP contribution in [0.15, 0.2) is 23.1 Å². The summed E-state index contributed by atoms with van der Waals surface area (Å²) in [6, 6.07) is 3.21. The first-order valence-corrected chi connectivity index (χ1v) is 7.75. The van der Waals surface area contributed by atoms with Crippen LogP contribution in [0, 0.1) is 25.5 Å². The van der Waals surface area contributed by atoms with Crippen LogP contribution in [-0.4, -0.2) is 25.2 Å². The second-order valence-corrected chi connectivity index (χ2v) is 6.35. The predicted molar refractivity (Wildman–Crippen MR) is 73.3 cm³/mol. The number of aromatic nitrogens is 2. The van der Waals surface area contributed by atoms with Gasteiger partial charge in [0.25, 0.3) is 0 Å². The van der Waals surface area contributed by atoms with E-state index in [0.717, 1.165) is 12.1 Å². The minimum atomic E-state index is -3.71. The number of nitrogens with one attached hydrogen (secondary N) is 2. The summed E-state index contributed by atoms with van der Waals surface area (Å²) in [6.07, 6.45) is 0.126. The molecule has 8 heteroatoms. The number of aromatic amines is 1. The molecule has 0 spiro atoms. The van der Waals surface area contributed by atoms with Gasteiger partial charge in [0.2, 0.25) is 10.0 Å². The molecular formula is C13H15F2N3O2S. The normalized spacial score (nSPS) is 11.8. The van der Waals surface area contributed by atoms with E-state index < -0.39 is 21.7 Å². The van der Waals surface area contributed by atoms with Gasteiger partial charge in [-0.1, -0.05) is 6.07 Å². The van der Waals surface area contributed by atoms with Gasteiger partial charge in [-0.25, -0.2) is 21.9 Å². The lowest BCUT2D eigenvalue weighted by atomic mass is 10.1. The van der Waals surface area contributed by atoms with Crippen LogP contribution >= 0.6 is 0 Å². The zero-order valence-electron chi connectivity index (χ0n) is 11.6. The number of nitrogens with zero attached hydrogens (tertiary/aromatic N) is 1. The highest BCUT2D eigenvalue weighted by Crippen LogP contribution is 2.16. The van der Waals surface area contributed by atoms with Crippen LogP contribution in [0.1, 0.15) is 17.0 Å². The molecule has 2 rings (SSSR count). The third-order valence-corrected chi connectivity index (χ3v) is 4.75. The summed E-state index contributed by atoms with van der Waals surface area (Å²) in [6.45, 7) is 3.20. The van der Waals surface area contributed by atoms with E-state index in [9.17, 15) is 17.2 Å². The molecule has 0 radical (unpaired) electrons. The minimum absolute atomic E-state index is 0.00887. The summed E-state index contributed by atoms with van der Waals surface area (Å²) < 4.78 is 52.9. The number of rotatable bonds is 5. The Morgan fingerprint density at radius 2 is 2.00 bits per heavy atom. The van der Waals surface area contributed by atoms with Crippen LogP contribution in [0.2, 0.25) is 0 Å². The fraction of sp³-hybridized carbons (Fsp3) is 0.308. The van der Waals surface area contributed by atoms with Crippen molar-refractivity contribution < 1.29 is 17.2 Å². The molecule has 5 nitrogen and oxygen atoms in total. The highest BCUT2D eigenvalue weighted by Gasteiger charge is 2.21. The molecule has 0 saturated carbocycles. The summed E-state index contributed by atoms with van der Waals surface area (Å²) in [5.41, 5.74) is 1.06. The van der Waals surface area contributed by atoms with Gasteiger partial charge in [-0.05, 0) is 31.9 Å². The molecule has 21 heavy (non-hydrogen) atoms. The first kappa shape index (κ1) is 15.6. The van der Waals surface area contributed by atoms with Gasteiger partial charge in [-0.3, -0.25) is 5.10 Å². The molecule has 1 aromatic carbocycles. The Kier molecular flexibility index (Phi) is 4.38. The minimum Gasteiger partial charge on any atom is -0.281 e. The Morgan fingerprint density at radius 3 is 2.57 bits per heavy atom. The standard InChI is InChI=1S/C13H15F2N3O2S/c1-8-13(9(2)18-17-8)21(19,20)16-6-5-10-3-4-11(14)7-12(10)15/h3-4,7,16H,5-6H2,1-2H3,(H,17,18). The number of halogens is 2. The molecule has 2 N–H and O–H groups in total. The van der Waals surface area contributed by atoms with Gasteiger partial charge in [-0.2, -0.15) is 5.10 Å². The number of hydrogen-bond acceptors (Lipinski definition) is 3. The first-order valence-electron chi connectivity index (χ1n) is 6.26. The van der Waals surface area contributed by atoms with Gasteiger partial charge in [-0.15, -0.1) is 0 Å². The van der Waals surface area contributed by atoms with E-state index in [1.165, 1.54) is 6.07 Å². The van der Waals surface area contributed by atoms with Crippen molar-refractivity contribution in [3.8, 4) is 0 Å². The lowest BCUT2D eigenvalue weighted by molar-refractivity contribution is 0.565. The van der Waals surface area contributed by atoms with E-state index in [2.05, 4.69) is 14.9 Å². The van der Waals surface area contributed by atoms with E-state index in [0.29, 0.717) is 11.4 Å². The molecule has 0 amide bonds. The van der Waals surface area contributed by atoms with Crippen molar-refractivity contribution in [3.05, 3.63) is 46.8 Å². The van der Waals surface area contributed by atoms with Crippen molar-refractivity contribution in [1.82, 2.24) is 14.9 Å². The molecule has 0 fully saturated rings. The molecule has 114 valence electrons. The zero-order valence-corrected chi connectivity index (χ0v) is 12.4. The Morgan fingerprint density at radius 1 is 1.29 bits per heavy atom. The summed E-state index contributed by atoms with van der Waals surface area (Å²) in [5.74, 6) is -1.36. The number of aryl methyl sites for hydroxylation is 2. The predicted octanol–water partition coefficient (Wildman–Crippen LogP) is 1.83. The molecule has 0 saturated heterocycles. The van der Waals surface area contributed by atoms with Crippen molar-refractivity contribution in [2.75, 3.05) is 6.54 Å². The lowest BCUT2D eigenvalue weighted by Gasteiger charge is -2.07. The zero-order chi connectivity index (χ0) is 15.6. The van der Waals surface area contributed by atoms with Gasteiger partial charge in [0.15, 0.2) is 0 Å². The molecule has 1 heterocycles. The van der Waals surface area contributed by atoms with Crippen LogP contribution in [0.4, 0.5) is 8.78 Å². The average Bonchev–Trinajstić information content (AvgIpc) is 2.72. The summed E-state index contributed by atoms with van der Waals surface area (Å²) in [4.78, 5) is 0.0991. The van der Waals surface area contributed by atoms with E-state index in [1.54, 1.807) is 13.8 Å². The first-order chi connectivity index (χ1) is 9.81. The van der Waals surface area contributed by atoms with E-state index in [-0.39, 0.29) is 23.4 Å². The maximum Gasteiger partial charge on any atom is 0.244 e. The van der Waals surface area contributed by atoms with Gasteiger partial charge in [0.1, 0.15) is 16.5 Å². The van der Waals surface area contributed by atoms with E-state index >= 15 is 0 Å². The summed E-state index contributed by atoms with van der Waals surface area (Å²) in [5, 5.41) is 6.42. The van der Waals surface area contributed by atoms with E-state index in [1.807, 2.05) is 0 Å². The van der Waals surface area contributed by atoms with Crippen LogP contribution in [0.3, 0.4) is 0 Å². The second kappa shape index (κ2) is 5.90. The molecular weight excluding hydrogens is 300 g/mol. The van der Waals surface area contributed by atoms with Gasteiger partial charge < -0.3 is 0 Å². The fourth-order valence-corrected chi connectivity index (χ4v) is 3.45. The molecule has 0 atom stereocenters. The number of sulfonamides is 1. The monoisotopic (exact) mass is 315 g/mol. The summed E-state index contributed by atoms with van der Waals surface area (Å²) in [7, 11) is -3.71.